The summed E-state index contributed by atoms with van der Waals surface area (Å²) in [5.74, 6) is 1.33. The van der Waals surface area contributed by atoms with Gasteiger partial charge in [-0.3, -0.25) is 14.5 Å². The second kappa shape index (κ2) is 7.94. The summed E-state index contributed by atoms with van der Waals surface area (Å²) in [5, 5.41) is 11.4. The van der Waals surface area contributed by atoms with Gasteiger partial charge in [0.2, 0.25) is 11.9 Å². The van der Waals surface area contributed by atoms with Gasteiger partial charge in [0.1, 0.15) is 4.60 Å². The lowest BCUT2D eigenvalue weighted by Crippen LogP contribution is -2.36. The van der Waals surface area contributed by atoms with Crippen LogP contribution in [0.1, 0.15) is 26.2 Å². The molecule has 5 rings (SSSR count). The lowest BCUT2D eigenvalue weighted by molar-refractivity contribution is -0.129. The number of ether oxygens (including phenoxy) is 1. The molecule has 12 heteroatoms. The Morgan fingerprint density at radius 2 is 2.15 bits per heavy atom. The van der Waals surface area contributed by atoms with Crippen LogP contribution in [-0.2, 0) is 9.59 Å². The minimum atomic E-state index is -0.398. The van der Waals surface area contributed by atoms with Gasteiger partial charge in [-0.15, -0.1) is 0 Å². The molecule has 1 aliphatic carbocycles. The maximum Gasteiger partial charge on any atom is 0.265 e. The zero-order chi connectivity index (χ0) is 23.3. The van der Waals surface area contributed by atoms with Crippen molar-refractivity contribution in [2.45, 2.75) is 32.2 Å². The number of nitrogens with zero attached hydrogens (tertiary/aromatic N) is 6. The Labute approximate surface area is 198 Å². The Morgan fingerprint density at radius 3 is 2.94 bits per heavy atom. The number of likely N-dealkylation sites (N-methyl/N-ethyl adjacent to an activating group) is 1. The monoisotopic (exact) mass is 514 g/mol. The lowest BCUT2D eigenvalue weighted by atomic mass is 9.87. The van der Waals surface area contributed by atoms with Gasteiger partial charge in [0, 0.05) is 37.8 Å². The van der Waals surface area contributed by atoms with E-state index >= 15 is 0 Å². The van der Waals surface area contributed by atoms with E-state index in [9.17, 15) is 9.59 Å². The quantitative estimate of drug-likeness (QED) is 0.541. The number of aromatic nitrogens is 5. The molecule has 3 aromatic heterocycles. The van der Waals surface area contributed by atoms with E-state index in [0.29, 0.717) is 39.9 Å². The second-order valence-corrected chi connectivity index (χ2v) is 9.37. The van der Waals surface area contributed by atoms with Gasteiger partial charge in [0.05, 0.1) is 17.3 Å². The van der Waals surface area contributed by atoms with Gasteiger partial charge >= 0.3 is 0 Å². The molecule has 1 aliphatic heterocycles. The minimum absolute atomic E-state index is 0.0369. The molecule has 0 aromatic carbocycles. The predicted octanol–water partition coefficient (Wildman–Crippen LogP) is 2.04. The van der Waals surface area contributed by atoms with Gasteiger partial charge in [0.15, 0.2) is 23.8 Å². The van der Waals surface area contributed by atoms with Gasteiger partial charge in [-0.25, -0.2) is 14.6 Å². The molecule has 33 heavy (non-hydrogen) atoms. The molecule has 0 unspecified atom stereocenters. The topological polar surface area (TPSA) is 127 Å². The number of hydrogen-bond donors (Lipinski definition) is 2. The van der Waals surface area contributed by atoms with Crippen LogP contribution in [-0.4, -0.2) is 63.3 Å². The molecule has 172 valence electrons. The SMILES string of the molecule is CNC(=O)[C@]1(C)CC[C@@H](Nc2ncc3c(Br)nn(-c4cnc5c(c4)OCC(=O)N5C)c3n2)C1. The highest BCUT2D eigenvalue weighted by Gasteiger charge is 2.41. The lowest BCUT2D eigenvalue weighted by Gasteiger charge is -2.24. The van der Waals surface area contributed by atoms with E-state index in [2.05, 4.69) is 41.6 Å². The first-order valence-electron chi connectivity index (χ1n) is 10.6. The second-order valence-electron chi connectivity index (χ2n) is 8.61. The molecule has 0 radical (unpaired) electrons. The maximum absolute atomic E-state index is 12.2. The van der Waals surface area contributed by atoms with Crippen molar-refractivity contribution in [2.75, 3.05) is 30.9 Å². The molecule has 1 saturated carbocycles. The van der Waals surface area contributed by atoms with E-state index in [0.717, 1.165) is 18.2 Å². The minimum Gasteiger partial charge on any atom is -0.480 e. The highest BCUT2D eigenvalue weighted by atomic mass is 79.9. The summed E-state index contributed by atoms with van der Waals surface area (Å²) in [5.41, 5.74) is 0.836. The Morgan fingerprint density at radius 1 is 1.33 bits per heavy atom. The fraction of sp³-hybridized carbons (Fsp3) is 0.429. The number of rotatable bonds is 4. The molecule has 4 heterocycles. The molecule has 0 bridgehead atoms. The zero-order valence-electron chi connectivity index (χ0n) is 18.4. The number of halogens is 1. The van der Waals surface area contributed by atoms with Crippen molar-refractivity contribution >= 4 is 50.5 Å². The van der Waals surface area contributed by atoms with Crippen molar-refractivity contribution in [2.24, 2.45) is 5.41 Å². The normalized spacial score (nSPS) is 22.2. The fourth-order valence-corrected chi connectivity index (χ4v) is 4.87. The summed E-state index contributed by atoms with van der Waals surface area (Å²) in [6.45, 7) is 1.95. The van der Waals surface area contributed by atoms with Gasteiger partial charge in [-0.2, -0.15) is 10.1 Å². The van der Waals surface area contributed by atoms with Crippen LogP contribution in [0.4, 0.5) is 11.8 Å². The number of anilines is 2. The number of fused-ring (bicyclic) bond motifs is 2. The van der Waals surface area contributed by atoms with Crippen molar-refractivity contribution in [3.63, 3.8) is 0 Å². The predicted molar refractivity (Wildman–Crippen MR) is 124 cm³/mol. The first-order valence-corrected chi connectivity index (χ1v) is 11.4. The van der Waals surface area contributed by atoms with Gasteiger partial charge in [0.25, 0.3) is 5.91 Å². The van der Waals surface area contributed by atoms with Crippen LogP contribution in [0.15, 0.2) is 23.1 Å². The average Bonchev–Trinajstić information content (AvgIpc) is 3.36. The molecule has 2 amide bonds. The van der Waals surface area contributed by atoms with Crippen LogP contribution in [0.2, 0.25) is 0 Å². The third kappa shape index (κ3) is 3.67. The Kier molecular flexibility index (Phi) is 5.19. The third-order valence-electron chi connectivity index (χ3n) is 6.34. The summed E-state index contributed by atoms with van der Waals surface area (Å²) in [6, 6.07) is 1.88. The standard InChI is InChI=1S/C21H23BrN8O3/c1-21(19(32)23-2)5-4-11(7-21)26-20-25-9-13-16(22)28-30(17(13)27-20)12-6-14-18(24-8-12)29(3)15(31)10-33-14/h6,8-9,11H,4-5,7,10H2,1-3H3,(H,23,32)(H,25,26,27)/t11-,21-/m1/s1. The fourth-order valence-electron chi connectivity index (χ4n) is 4.43. The molecule has 2 aliphatic rings. The number of carbonyl (C=O) groups excluding carboxylic acids is 2. The Bertz CT molecular complexity index is 1280. The number of pyridine rings is 1. The smallest absolute Gasteiger partial charge is 0.265 e. The van der Waals surface area contributed by atoms with E-state index in [1.165, 1.54) is 4.90 Å². The van der Waals surface area contributed by atoms with Crippen molar-refractivity contribution in [3.05, 3.63) is 23.1 Å². The number of amides is 2. The first-order chi connectivity index (χ1) is 15.8. The third-order valence-corrected chi connectivity index (χ3v) is 6.92. The van der Waals surface area contributed by atoms with Crippen molar-refractivity contribution in [1.82, 2.24) is 30.0 Å². The van der Waals surface area contributed by atoms with E-state index < -0.39 is 5.41 Å². The molecule has 0 spiro atoms. The van der Waals surface area contributed by atoms with E-state index in [1.807, 2.05) is 6.92 Å². The zero-order valence-corrected chi connectivity index (χ0v) is 20.0. The van der Waals surface area contributed by atoms with Gasteiger partial charge in [-0.1, -0.05) is 6.92 Å². The van der Waals surface area contributed by atoms with E-state index in [1.54, 1.807) is 37.2 Å². The molecule has 2 N–H and O–H groups in total. The van der Waals surface area contributed by atoms with Crippen LogP contribution >= 0.6 is 15.9 Å². The summed E-state index contributed by atoms with van der Waals surface area (Å²) in [6.07, 6.45) is 5.69. The summed E-state index contributed by atoms with van der Waals surface area (Å²) in [4.78, 5) is 39.1. The van der Waals surface area contributed by atoms with Crippen molar-refractivity contribution < 1.29 is 14.3 Å². The molecular formula is C21H23BrN8O3. The summed E-state index contributed by atoms with van der Waals surface area (Å²) < 4.78 is 7.82. The summed E-state index contributed by atoms with van der Waals surface area (Å²) in [7, 11) is 3.33. The molecule has 3 aromatic rings. The largest absolute Gasteiger partial charge is 0.480 e. The molecule has 0 saturated heterocycles. The van der Waals surface area contributed by atoms with E-state index in [-0.39, 0.29) is 24.5 Å². The Balaban J connectivity index is 1.45. The number of carbonyl (C=O) groups is 2. The van der Waals surface area contributed by atoms with Crippen LogP contribution in [0.5, 0.6) is 5.75 Å². The Hall–Kier alpha value is -3.28. The molecular weight excluding hydrogens is 492 g/mol. The highest BCUT2D eigenvalue weighted by Crippen LogP contribution is 2.39. The van der Waals surface area contributed by atoms with Crippen molar-refractivity contribution in [1.29, 1.82) is 0 Å². The number of nitrogens with one attached hydrogen (secondary N) is 2. The molecule has 1 fully saturated rings. The van der Waals surface area contributed by atoms with E-state index in [4.69, 9.17) is 9.72 Å². The van der Waals surface area contributed by atoms with Gasteiger partial charge in [-0.05, 0) is 35.2 Å². The van der Waals surface area contributed by atoms with Crippen LogP contribution < -0.4 is 20.3 Å². The first kappa shape index (κ1) is 21.6. The summed E-state index contributed by atoms with van der Waals surface area (Å²) >= 11 is 3.48. The van der Waals surface area contributed by atoms with Crippen molar-refractivity contribution in [3.8, 4) is 11.4 Å². The number of hydrogen-bond acceptors (Lipinski definition) is 8. The highest BCUT2D eigenvalue weighted by molar-refractivity contribution is 9.10. The molecule has 2 atom stereocenters. The van der Waals surface area contributed by atoms with Crippen LogP contribution in [0.3, 0.4) is 0 Å². The van der Waals surface area contributed by atoms with Crippen LogP contribution in [0, 0.1) is 5.41 Å². The average molecular weight is 515 g/mol. The van der Waals surface area contributed by atoms with Crippen LogP contribution in [0.25, 0.3) is 16.7 Å². The van der Waals surface area contributed by atoms with Gasteiger partial charge < -0.3 is 15.4 Å². The maximum atomic E-state index is 12.2. The molecule has 11 nitrogen and oxygen atoms in total.